The number of aromatic nitrogens is 2. The Morgan fingerprint density at radius 2 is 2.16 bits per heavy atom. The van der Waals surface area contributed by atoms with E-state index in [1.165, 1.54) is 10.9 Å². The summed E-state index contributed by atoms with van der Waals surface area (Å²) in [6, 6.07) is 14.1. The molecule has 0 aliphatic heterocycles. The fourth-order valence-corrected chi connectivity index (χ4v) is 2.24. The van der Waals surface area contributed by atoms with Crippen LogP contribution >= 0.6 is 0 Å². The highest BCUT2D eigenvalue weighted by molar-refractivity contribution is 5.81. The van der Waals surface area contributed by atoms with Crippen LogP contribution in [0.15, 0.2) is 55.0 Å². The molecule has 0 saturated carbocycles. The van der Waals surface area contributed by atoms with Crippen LogP contribution in [-0.2, 0) is 13.0 Å². The van der Waals surface area contributed by atoms with Gasteiger partial charge in [-0.25, -0.2) is 0 Å². The van der Waals surface area contributed by atoms with Gasteiger partial charge in [0.2, 0.25) is 0 Å². The summed E-state index contributed by atoms with van der Waals surface area (Å²) >= 11 is 0. The van der Waals surface area contributed by atoms with Gasteiger partial charge in [-0.15, -0.1) is 0 Å². The van der Waals surface area contributed by atoms with E-state index in [4.69, 9.17) is 5.26 Å². The van der Waals surface area contributed by atoms with E-state index < -0.39 is 0 Å². The summed E-state index contributed by atoms with van der Waals surface area (Å²) in [5.74, 6) is 0. The van der Waals surface area contributed by atoms with Crippen molar-refractivity contribution in [2.75, 3.05) is 0 Å². The Morgan fingerprint density at radius 3 is 2.95 bits per heavy atom. The van der Waals surface area contributed by atoms with Crippen molar-refractivity contribution >= 4 is 10.9 Å². The summed E-state index contributed by atoms with van der Waals surface area (Å²) in [6.45, 7) is 0.893. The smallest absolute Gasteiger partial charge is 0.0992 e. The van der Waals surface area contributed by atoms with E-state index in [0.29, 0.717) is 5.56 Å². The number of nitrogens with zero attached hydrogens (tertiary/aromatic N) is 3. The fourth-order valence-electron chi connectivity index (χ4n) is 2.24. The quantitative estimate of drug-likeness (QED) is 0.713. The van der Waals surface area contributed by atoms with Gasteiger partial charge >= 0.3 is 0 Å². The number of pyridine rings is 1. The van der Waals surface area contributed by atoms with Crippen molar-refractivity contribution in [2.24, 2.45) is 0 Å². The standard InChI is InChI=1S/C16H13N3/c17-11-14-3-4-15-6-9-19(16(15)10-14)8-5-13-2-1-7-18-12-13/h1-4,6-7,9-10,12H,5,8H2. The van der Waals surface area contributed by atoms with Gasteiger partial charge in [0.25, 0.3) is 0 Å². The number of fused-ring (bicyclic) bond motifs is 1. The number of hydrogen-bond donors (Lipinski definition) is 0. The zero-order valence-electron chi connectivity index (χ0n) is 10.5. The topological polar surface area (TPSA) is 41.6 Å². The Bertz CT molecular complexity index is 736. The number of aryl methyl sites for hydroxylation is 2. The molecule has 0 aliphatic carbocycles. The molecule has 0 aliphatic rings. The SMILES string of the molecule is N#Cc1ccc2ccn(CCc3cccnc3)c2c1. The molecule has 1 aromatic carbocycles. The molecule has 0 amide bonds. The monoisotopic (exact) mass is 247 g/mol. The summed E-state index contributed by atoms with van der Waals surface area (Å²) in [7, 11) is 0. The van der Waals surface area contributed by atoms with Crippen molar-refractivity contribution < 1.29 is 0 Å². The van der Waals surface area contributed by atoms with Crippen molar-refractivity contribution in [2.45, 2.75) is 13.0 Å². The zero-order valence-corrected chi connectivity index (χ0v) is 10.5. The number of rotatable bonds is 3. The molecule has 0 unspecified atom stereocenters. The molecule has 0 fully saturated rings. The summed E-state index contributed by atoms with van der Waals surface area (Å²) < 4.78 is 2.18. The predicted molar refractivity (Wildman–Crippen MR) is 74.6 cm³/mol. The average Bonchev–Trinajstić information content (AvgIpc) is 2.88. The minimum Gasteiger partial charge on any atom is -0.347 e. The molecule has 3 aromatic rings. The van der Waals surface area contributed by atoms with E-state index in [1.807, 2.05) is 30.5 Å². The lowest BCUT2D eigenvalue weighted by molar-refractivity contribution is 0.721. The van der Waals surface area contributed by atoms with Crippen LogP contribution in [-0.4, -0.2) is 9.55 Å². The number of nitriles is 1. The van der Waals surface area contributed by atoms with E-state index in [0.717, 1.165) is 18.5 Å². The Labute approximate surface area is 111 Å². The van der Waals surface area contributed by atoms with Crippen LogP contribution in [0.5, 0.6) is 0 Å². The van der Waals surface area contributed by atoms with Gasteiger partial charge in [0.15, 0.2) is 0 Å². The molecule has 0 spiro atoms. The van der Waals surface area contributed by atoms with Crippen LogP contribution in [0, 0.1) is 11.3 Å². The third-order valence-electron chi connectivity index (χ3n) is 3.27. The molecule has 0 radical (unpaired) electrons. The van der Waals surface area contributed by atoms with Crippen molar-refractivity contribution in [3.8, 4) is 6.07 Å². The van der Waals surface area contributed by atoms with Crippen LogP contribution in [0.2, 0.25) is 0 Å². The Balaban J connectivity index is 1.87. The van der Waals surface area contributed by atoms with Gasteiger partial charge in [0, 0.05) is 30.7 Å². The van der Waals surface area contributed by atoms with Crippen molar-refractivity contribution in [3.05, 3.63) is 66.1 Å². The third kappa shape index (κ3) is 2.34. The summed E-state index contributed by atoms with van der Waals surface area (Å²) in [4.78, 5) is 4.12. The van der Waals surface area contributed by atoms with Crippen molar-refractivity contribution in [3.63, 3.8) is 0 Å². The van der Waals surface area contributed by atoms with Crippen molar-refractivity contribution in [1.29, 1.82) is 5.26 Å². The molecule has 92 valence electrons. The van der Waals surface area contributed by atoms with Crippen LogP contribution in [0.1, 0.15) is 11.1 Å². The second-order valence-corrected chi connectivity index (χ2v) is 4.51. The van der Waals surface area contributed by atoms with Gasteiger partial charge in [-0.2, -0.15) is 5.26 Å². The van der Waals surface area contributed by atoms with Gasteiger partial charge in [-0.05, 0) is 41.6 Å². The summed E-state index contributed by atoms with van der Waals surface area (Å²) in [5, 5.41) is 10.1. The minimum atomic E-state index is 0.703. The molecule has 0 bridgehead atoms. The molecule has 0 N–H and O–H groups in total. The molecule has 2 heterocycles. The predicted octanol–water partition coefficient (Wildman–Crippen LogP) is 3.15. The van der Waals surface area contributed by atoms with Crippen LogP contribution in [0.3, 0.4) is 0 Å². The highest BCUT2D eigenvalue weighted by atomic mass is 14.9. The van der Waals surface area contributed by atoms with E-state index >= 15 is 0 Å². The van der Waals surface area contributed by atoms with Crippen LogP contribution in [0.4, 0.5) is 0 Å². The molecule has 0 atom stereocenters. The lowest BCUT2D eigenvalue weighted by atomic mass is 10.2. The highest BCUT2D eigenvalue weighted by Crippen LogP contribution is 2.18. The summed E-state index contributed by atoms with van der Waals surface area (Å²) in [5.41, 5.74) is 3.04. The number of hydrogen-bond acceptors (Lipinski definition) is 2. The van der Waals surface area contributed by atoms with Crippen LogP contribution < -0.4 is 0 Å². The first-order valence-electron chi connectivity index (χ1n) is 6.25. The largest absolute Gasteiger partial charge is 0.347 e. The molecule has 19 heavy (non-hydrogen) atoms. The first-order chi connectivity index (χ1) is 9.36. The Kier molecular flexibility index (Phi) is 2.99. The first-order valence-corrected chi connectivity index (χ1v) is 6.25. The van der Waals surface area contributed by atoms with E-state index in [-0.39, 0.29) is 0 Å². The van der Waals surface area contributed by atoms with Gasteiger partial charge in [-0.1, -0.05) is 12.1 Å². The van der Waals surface area contributed by atoms with Gasteiger partial charge in [-0.3, -0.25) is 4.98 Å². The molecule has 3 heteroatoms. The third-order valence-corrected chi connectivity index (χ3v) is 3.27. The highest BCUT2D eigenvalue weighted by Gasteiger charge is 2.02. The number of benzene rings is 1. The minimum absolute atomic E-state index is 0.703. The second kappa shape index (κ2) is 4.95. The lowest BCUT2D eigenvalue weighted by Crippen LogP contribution is -2.00. The molecule has 0 saturated heterocycles. The molecule has 3 nitrogen and oxygen atoms in total. The van der Waals surface area contributed by atoms with E-state index in [1.54, 1.807) is 6.20 Å². The lowest BCUT2D eigenvalue weighted by Gasteiger charge is -2.05. The molecule has 2 aromatic heterocycles. The average molecular weight is 247 g/mol. The molecular weight excluding hydrogens is 234 g/mol. The zero-order chi connectivity index (χ0) is 13.1. The van der Waals surface area contributed by atoms with Gasteiger partial charge in [0.1, 0.15) is 0 Å². The normalized spacial score (nSPS) is 10.5. The molecular formula is C16H13N3. The molecule has 3 rings (SSSR count). The van der Waals surface area contributed by atoms with Crippen LogP contribution in [0.25, 0.3) is 10.9 Å². The Hall–Kier alpha value is -2.60. The van der Waals surface area contributed by atoms with E-state index in [9.17, 15) is 0 Å². The first kappa shape index (κ1) is 11.5. The fraction of sp³-hybridized carbons (Fsp3) is 0.125. The van der Waals surface area contributed by atoms with Gasteiger partial charge in [0.05, 0.1) is 11.6 Å². The van der Waals surface area contributed by atoms with Crippen molar-refractivity contribution in [1.82, 2.24) is 9.55 Å². The second-order valence-electron chi connectivity index (χ2n) is 4.51. The maximum Gasteiger partial charge on any atom is 0.0992 e. The Morgan fingerprint density at radius 1 is 1.21 bits per heavy atom. The maximum atomic E-state index is 8.97. The van der Waals surface area contributed by atoms with Gasteiger partial charge < -0.3 is 4.57 Å². The summed E-state index contributed by atoms with van der Waals surface area (Å²) in [6.07, 6.45) is 6.69. The maximum absolute atomic E-state index is 8.97. The van der Waals surface area contributed by atoms with E-state index in [2.05, 4.69) is 33.9 Å².